The van der Waals surface area contributed by atoms with E-state index in [4.69, 9.17) is 11.6 Å². The lowest BCUT2D eigenvalue weighted by Gasteiger charge is -2.39. The maximum absolute atomic E-state index is 12.6. The average molecular weight is 347 g/mol. The molecule has 0 saturated carbocycles. The van der Waals surface area contributed by atoms with Gasteiger partial charge in [0.15, 0.2) is 0 Å². The van der Waals surface area contributed by atoms with E-state index >= 15 is 0 Å². The average Bonchev–Trinajstić information content (AvgIpc) is 2.57. The van der Waals surface area contributed by atoms with Crippen molar-refractivity contribution < 1.29 is 4.79 Å². The fourth-order valence-electron chi connectivity index (χ4n) is 3.12. The van der Waals surface area contributed by atoms with Crippen molar-refractivity contribution >= 4 is 23.2 Å². The van der Waals surface area contributed by atoms with Gasteiger partial charge in [0, 0.05) is 13.1 Å². The minimum absolute atomic E-state index is 0.00773. The Morgan fingerprint density at radius 2 is 2.00 bits per heavy atom. The summed E-state index contributed by atoms with van der Waals surface area (Å²) in [5, 5.41) is 6.12. The van der Waals surface area contributed by atoms with Crippen molar-refractivity contribution in [2.75, 3.05) is 24.5 Å². The highest BCUT2D eigenvalue weighted by atomic mass is 35.5. The largest absolute Gasteiger partial charge is 0.358 e. The predicted molar refractivity (Wildman–Crippen MR) is 93.4 cm³/mol. The second kappa shape index (κ2) is 6.65. The SMILES string of the molecule is Cc1ccccc1[C@@H](C)N1CCN(c2cn[nH]c(=O)c2Cl)CC1=O. The summed E-state index contributed by atoms with van der Waals surface area (Å²) in [7, 11) is 0. The molecule has 0 unspecified atom stereocenters. The molecule has 6 nitrogen and oxygen atoms in total. The number of aryl methyl sites for hydroxylation is 1. The number of amides is 1. The third-order valence-corrected chi connectivity index (χ3v) is 4.85. The van der Waals surface area contributed by atoms with E-state index in [1.807, 2.05) is 36.9 Å². The van der Waals surface area contributed by atoms with Crippen molar-refractivity contribution in [3.63, 3.8) is 0 Å². The van der Waals surface area contributed by atoms with Gasteiger partial charge in [-0.2, -0.15) is 5.10 Å². The number of carbonyl (C=O) groups is 1. The summed E-state index contributed by atoms with van der Waals surface area (Å²) in [6, 6.07) is 8.09. The van der Waals surface area contributed by atoms with E-state index in [1.54, 1.807) is 4.90 Å². The fourth-order valence-corrected chi connectivity index (χ4v) is 3.33. The molecule has 0 radical (unpaired) electrons. The number of nitrogens with one attached hydrogen (secondary N) is 1. The first kappa shape index (κ1) is 16.5. The van der Waals surface area contributed by atoms with Gasteiger partial charge in [-0.25, -0.2) is 5.10 Å². The third kappa shape index (κ3) is 3.01. The molecule has 1 saturated heterocycles. The lowest BCUT2D eigenvalue weighted by molar-refractivity contribution is -0.133. The number of hydrogen-bond acceptors (Lipinski definition) is 4. The molecule has 1 amide bonds. The quantitative estimate of drug-likeness (QED) is 0.924. The van der Waals surface area contributed by atoms with E-state index in [0.717, 1.165) is 5.56 Å². The zero-order valence-corrected chi connectivity index (χ0v) is 14.4. The van der Waals surface area contributed by atoms with Crippen LogP contribution in [-0.2, 0) is 4.79 Å². The van der Waals surface area contributed by atoms with Crippen LogP contribution < -0.4 is 10.5 Å². The first-order valence-corrected chi connectivity index (χ1v) is 8.20. The molecular weight excluding hydrogens is 328 g/mol. The van der Waals surface area contributed by atoms with E-state index < -0.39 is 5.56 Å². The van der Waals surface area contributed by atoms with Crippen molar-refractivity contribution in [1.29, 1.82) is 0 Å². The number of aromatic nitrogens is 2. The minimum atomic E-state index is -0.447. The van der Waals surface area contributed by atoms with Crippen LogP contribution in [0.3, 0.4) is 0 Å². The number of piperazine rings is 1. The van der Waals surface area contributed by atoms with Gasteiger partial charge in [-0.1, -0.05) is 35.9 Å². The van der Waals surface area contributed by atoms with Crippen LogP contribution in [0.1, 0.15) is 24.1 Å². The predicted octanol–water partition coefficient (Wildman–Crippen LogP) is 2.14. The molecule has 1 aliphatic rings. The molecule has 1 atom stereocenters. The van der Waals surface area contributed by atoms with Crippen LogP contribution in [0.4, 0.5) is 5.69 Å². The number of rotatable bonds is 3. The van der Waals surface area contributed by atoms with Gasteiger partial charge in [-0.3, -0.25) is 9.59 Å². The molecule has 1 aliphatic heterocycles. The Kier molecular flexibility index (Phi) is 4.57. The molecule has 2 aromatic rings. The number of benzene rings is 1. The number of carbonyl (C=O) groups excluding carboxylic acids is 1. The van der Waals surface area contributed by atoms with E-state index in [0.29, 0.717) is 18.8 Å². The van der Waals surface area contributed by atoms with Gasteiger partial charge in [-0.15, -0.1) is 0 Å². The monoisotopic (exact) mass is 346 g/mol. The summed E-state index contributed by atoms with van der Waals surface area (Å²) in [4.78, 5) is 27.9. The highest BCUT2D eigenvalue weighted by molar-refractivity contribution is 6.33. The van der Waals surface area contributed by atoms with Gasteiger partial charge in [0.2, 0.25) is 5.91 Å². The maximum Gasteiger partial charge on any atom is 0.285 e. The van der Waals surface area contributed by atoms with Gasteiger partial charge in [0.05, 0.1) is 24.5 Å². The number of aromatic amines is 1. The van der Waals surface area contributed by atoms with Gasteiger partial charge in [-0.05, 0) is 25.0 Å². The molecule has 24 heavy (non-hydrogen) atoms. The Morgan fingerprint density at radius 3 is 2.71 bits per heavy atom. The molecule has 7 heteroatoms. The van der Waals surface area contributed by atoms with Gasteiger partial charge in [0.1, 0.15) is 5.02 Å². The fraction of sp³-hybridized carbons (Fsp3) is 0.353. The summed E-state index contributed by atoms with van der Waals surface area (Å²) >= 11 is 6.04. The van der Waals surface area contributed by atoms with Gasteiger partial charge < -0.3 is 9.80 Å². The van der Waals surface area contributed by atoms with Crippen LogP contribution in [0.25, 0.3) is 0 Å². The summed E-state index contributed by atoms with van der Waals surface area (Å²) in [6.45, 7) is 5.44. The second-order valence-electron chi connectivity index (χ2n) is 5.94. The number of anilines is 1. The molecule has 3 rings (SSSR count). The molecule has 0 bridgehead atoms. The molecule has 1 N–H and O–H groups in total. The van der Waals surface area contributed by atoms with Crippen molar-refractivity contribution in [1.82, 2.24) is 15.1 Å². The van der Waals surface area contributed by atoms with Crippen LogP contribution >= 0.6 is 11.6 Å². The Hall–Kier alpha value is -2.34. The van der Waals surface area contributed by atoms with E-state index in [9.17, 15) is 9.59 Å². The van der Waals surface area contributed by atoms with Crippen molar-refractivity contribution in [2.24, 2.45) is 0 Å². The standard InChI is InChI=1S/C17H19ClN4O2/c1-11-5-3-4-6-13(11)12(2)22-8-7-21(10-15(22)23)14-9-19-20-17(24)16(14)18/h3-6,9,12H,7-8,10H2,1-2H3,(H,20,24)/t12-/m1/s1. The zero-order chi connectivity index (χ0) is 17.3. The molecular formula is C17H19ClN4O2. The Labute approximate surface area is 145 Å². The molecule has 1 aromatic carbocycles. The van der Waals surface area contributed by atoms with E-state index in [2.05, 4.69) is 16.3 Å². The van der Waals surface area contributed by atoms with Crippen LogP contribution in [0.2, 0.25) is 5.02 Å². The molecule has 1 fully saturated rings. The third-order valence-electron chi connectivity index (χ3n) is 4.48. The topological polar surface area (TPSA) is 69.3 Å². The molecule has 2 heterocycles. The van der Waals surface area contributed by atoms with Crippen molar-refractivity contribution in [3.8, 4) is 0 Å². The lowest BCUT2D eigenvalue weighted by atomic mass is 10.0. The van der Waals surface area contributed by atoms with Crippen molar-refractivity contribution in [3.05, 3.63) is 57.0 Å². The Morgan fingerprint density at radius 1 is 1.25 bits per heavy atom. The maximum atomic E-state index is 12.6. The molecule has 0 spiro atoms. The van der Waals surface area contributed by atoms with Crippen LogP contribution in [0, 0.1) is 6.92 Å². The molecule has 0 aliphatic carbocycles. The van der Waals surface area contributed by atoms with Gasteiger partial charge in [0.25, 0.3) is 5.56 Å². The number of H-pyrrole nitrogens is 1. The molecule has 126 valence electrons. The lowest BCUT2D eigenvalue weighted by Crippen LogP contribution is -2.51. The summed E-state index contributed by atoms with van der Waals surface area (Å²) < 4.78 is 0. The van der Waals surface area contributed by atoms with Crippen LogP contribution in [0.15, 0.2) is 35.3 Å². The molecule has 1 aromatic heterocycles. The smallest absolute Gasteiger partial charge is 0.285 e. The first-order valence-electron chi connectivity index (χ1n) is 7.82. The van der Waals surface area contributed by atoms with E-state index in [1.165, 1.54) is 11.8 Å². The van der Waals surface area contributed by atoms with Crippen molar-refractivity contribution in [2.45, 2.75) is 19.9 Å². The Balaban J connectivity index is 1.79. The minimum Gasteiger partial charge on any atom is -0.358 e. The summed E-state index contributed by atoms with van der Waals surface area (Å²) in [5.41, 5.74) is 2.37. The van der Waals surface area contributed by atoms with Gasteiger partial charge >= 0.3 is 0 Å². The van der Waals surface area contributed by atoms with Crippen LogP contribution in [-0.4, -0.2) is 40.6 Å². The number of halogens is 1. The highest BCUT2D eigenvalue weighted by Gasteiger charge is 2.30. The van der Waals surface area contributed by atoms with Crippen LogP contribution in [0.5, 0.6) is 0 Å². The highest BCUT2D eigenvalue weighted by Crippen LogP contribution is 2.27. The zero-order valence-electron chi connectivity index (χ0n) is 13.6. The number of nitrogens with zero attached hydrogens (tertiary/aromatic N) is 3. The second-order valence-corrected chi connectivity index (χ2v) is 6.32. The first-order chi connectivity index (χ1) is 11.5. The summed E-state index contributed by atoms with van der Waals surface area (Å²) in [6.07, 6.45) is 1.48. The summed E-state index contributed by atoms with van der Waals surface area (Å²) in [5.74, 6) is 0.00773. The normalized spacial score (nSPS) is 16.4. The Bertz CT molecular complexity index is 820. The van der Waals surface area contributed by atoms with E-state index in [-0.39, 0.29) is 23.5 Å². The number of hydrogen-bond donors (Lipinski definition) is 1.